The Labute approximate surface area is 366 Å². The van der Waals surface area contributed by atoms with Gasteiger partial charge in [-0.3, -0.25) is 38.4 Å². The summed E-state index contributed by atoms with van der Waals surface area (Å²) in [5.74, 6) is -3.89. The molecule has 0 spiro atoms. The standard InChI is InChI=1S/C44H54F4N12O4/c1-43(2)18-5-6-19-57(43)34-17-21-58-39(51-34)28(22-49-58)40(62)50-29-24-59(53-36(29)38(45)46)27-12-10-26(11-13-27)23-54(3)33-16-20-56(25-44(33,47)48)30-8-7-9-31-37(30)55(4)42(64)60(31)32-14-15-35(61)52-41(32)63/h7-9,17,21-22,24,26-27,32-33,38H,5-6,10-16,18-20,23,25H2,1-4H3,(H,50,62)(H,52,61,63)/t26-,27-,32?,33?. The fourth-order valence-corrected chi connectivity index (χ4v) is 10.6. The molecular weight excluding hydrogens is 837 g/mol. The van der Waals surface area contributed by atoms with Gasteiger partial charge in [-0.15, -0.1) is 0 Å². The van der Waals surface area contributed by atoms with Crippen molar-refractivity contribution >= 4 is 51.6 Å². The van der Waals surface area contributed by atoms with Crippen LogP contribution in [0, 0.1) is 5.92 Å². The van der Waals surface area contributed by atoms with E-state index < -0.39 is 60.1 Å². The number of carbonyl (C=O) groups is 3. The zero-order valence-electron chi connectivity index (χ0n) is 36.4. The summed E-state index contributed by atoms with van der Waals surface area (Å²) in [5, 5.41) is 13.5. The second-order valence-electron chi connectivity index (χ2n) is 18.6. The highest BCUT2D eigenvalue weighted by atomic mass is 19.3. The number of rotatable bonds is 10. The van der Waals surface area contributed by atoms with E-state index in [-0.39, 0.29) is 48.0 Å². The average Bonchev–Trinajstić information content (AvgIpc) is 3.94. The molecule has 3 saturated heterocycles. The summed E-state index contributed by atoms with van der Waals surface area (Å²) in [6.45, 7) is 5.32. The number of aryl methyl sites for hydroxylation is 1. The molecule has 4 aliphatic rings. The lowest BCUT2D eigenvalue weighted by Crippen LogP contribution is -2.58. The molecule has 4 fully saturated rings. The highest BCUT2D eigenvalue weighted by Crippen LogP contribution is 2.40. The number of anilines is 3. The number of halogens is 4. The number of imide groups is 1. The largest absolute Gasteiger partial charge is 0.364 e. The van der Waals surface area contributed by atoms with Gasteiger partial charge in [0.15, 0.2) is 11.3 Å². The topological polar surface area (TPSA) is 160 Å². The van der Waals surface area contributed by atoms with E-state index in [2.05, 4.69) is 39.6 Å². The van der Waals surface area contributed by atoms with Gasteiger partial charge < -0.3 is 15.1 Å². The predicted molar refractivity (Wildman–Crippen MR) is 231 cm³/mol. The summed E-state index contributed by atoms with van der Waals surface area (Å²) in [5.41, 5.74) is 0.613. The Morgan fingerprint density at radius 3 is 2.53 bits per heavy atom. The van der Waals surface area contributed by atoms with E-state index in [1.165, 1.54) is 30.7 Å². The molecule has 64 heavy (non-hydrogen) atoms. The molecule has 0 radical (unpaired) electrons. The maximum atomic E-state index is 16.2. The summed E-state index contributed by atoms with van der Waals surface area (Å²) in [4.78, 5) is 62.0. The molecule has 1 aromatic carbocycles. The molecule has 16 nitrogen and oxygen atoms in total. The molecule has 3 aliphatic heterocycles. The van der Waals surface area contributed by atoms with Crippen molar-refractivity contribution in [3.63, 3.8) is 0 Å². The first-order chi connectivity index (χ1) is 30.5. The number of alkyl halides is 4. The van der Waals surface area contributed by atoms with Crippen molar-refractivity contribution in [3.8, 4) is 0 Å². The Balaban J connectivity index is 0.831. The number of fused-ring (bicyclic) bond motifs is 2. The lowest BCUT2D eigenvalue weighted by Gasteiger charge is -2.44. The number of aromatic nitrogens is 7. The highest BCUT2D eigenvalue weighted by Gasteiger charge is 2.48. The Bertz CT molecular complexity index is 2660. The third kappa shape index (κ3) is 7.91. The van der Waals surface area contributed by atoms with Crippen molar-refractivity contribution in [2.75, 3.05) is 48.3 Å². The monoisotopic (exact) mass is 890 g/mol. The molecule has 4 aromatic heterocycles. The molecule has 1 aliphatic carbocycles. The van der Waals surface area contributed by atoms with Crippen LogP contribution in [0.2, 0.25) is 0 Å². The summed E-state index contributed by atoms with van der Waals surface area (Å²) >= 11 is 0. The highest BCUT2D eigenvalue weighted by molar-refractivity contribution is 6.08. The average molecular weight is 891 g/mol. The molecule has 7 heterocycles. The molecule has 1 saturated carbocycles. The van der Waals surface area contributed by atoms with Crippen LogP contribution >= 0.6 is 0 Å². The Morgan fingerprint density at radius 2 is 1.81 bits per heavy atom. The molecule has 2 unspecified atom stereocenters. The Morgan fingerprint density at radius 1 is 1.03 bits per heavy atom. The van der Waals surface area contributed by atoms with Crippen LogP contribution in [0.4, 0.5) is 34.8 Å². The van der Waals surface area contributed by atoms with Crippen molar-refractivity contribution in [1.82, 2.24) is 43.7 Å². The van der Waals surface area contributed by atoms with Gasteiger partial charge in [0.25, 0.3) is 18.3 Å². The molecule has 342 valence electrons. The first-order valence-electron chi connectivity index (χ1n) is 22.2. The van der Waals surface area contributed by atoms with Crippen molar-refractivity contribution in [3.05, 3.63) is 64.6 Å². The molecule has 2 atom stereocenters. The zero-order chi connectivity index (χ0) is 45.2. The number of hydrogen-bond acceptors (Lipinski definition) is 10. The van der Waals surface area contributed by atoms with Gasteiger partial charge in [-0.2, -0.15) is 10.2 Å². The van der Waals surface area contributed by atoms with Gasteiger partial charge in [-0.1, -0.05) is 6.07 Å². The first kappa shape index (κ1) is 43.5. The minimum atomic E-state index is -3.11. The lowest BCUT2D eigenvalue weighted by molar-refractivity contribution is -0.135. The smallest absolute Gasteiger partial charge is 0.329 e. The van der Waals surface area contributed by atoms with E-state index in [4.69, 9.17) is 4.98 Å². The number of piperidine rings is 3. The summed E-state index contributed by atoms with van der Waals surface area (Å²) in [6.07, 6.45) is 7.75. The second kappa shape index (κ2) is 16.6. The van der Waals surface area contributed by atoms with Gasteiger partial charge in [0.05, 0.1) is 47.2 Å². The van der Waals surface area contributed by atoms with Crippen LogP contribution in [0.1, 0.15) is 113 Å². The van der Waals surface area contributed by atoms with Crippen LogP contribution in [-0.2, 0) is 16.6 Å². The molecule has 20 heteroatoms. The first-order valence-corrected chi connectivity index (χ1v) is 22.2. The van der Waals surface area contributed by atoms with Crippen molar-refractivity contribution in [2.45, 2.75) is 114 Å². The van der Waals surface area contributed by atoms with Gasteiger partial charge >= 0.3 is 5.69 Å². The van der Waals surface area contributed by atoms with Crippen LogP contribution in [0.25, 0.3) is 16.7 Å². The maximum absolute atomic E-state index is 16.2. The second-order valence-corrected chi connectivity index (χ2v) is 18.6. The summed E-state index contributed by atoms with van der Waals surface area (Å²) in [6, 6.07) is 4.81. The van der Waals surface area contributed by atoms with Crippen LogP contribution < -0.4 is 26.1 Å². The van der Waals surface area contributed by atoms with Crippen LogP contribution in [0.3, 0.4) is 0 Å². The fourth-order valence-electron chi connectivity index (χ4n) is 10.6. The van der Waals surface area contributed by atoms with E-state index in [9.17, 15) is 28.0 Å². The van der Waals surface area contributed by atoms with Gasteiger partial charge in [0.2, 0.25) is 11.8 Å². The third-order valence-corrected chi connectivity index (χ3v) is 14.0. The van der Waals surface area contributed by atoms with E-state index in [0.29, 0.717) is 61.1 Å². The number of nitrogens with one attached hydrogen (secondary N) is 2. The molecule has 5 aromatic rings. The molecule has 3 amide bonds. The van der Waals surface area contributed by atoms with Crippen LogP contribution in [-0.4, -0.2) is 107 Å². The summed E-state index contributed by atoms with van der Waals surface area (Å²) < 4.78 is 66.9. The molecule has 0 bridgehead atoms. The summed E-state index contributed by atoms with van der Waals surface area (Å²) in [7, 11) is 3.27. The van der Waals surface area contributed by atoms with Gasteiger partial charge in [0.1, 0.15) is 17.4 Å². The zero-order valence-corrected chi connectivity index (χ0v) is 36.4. The van der Waals surface area contributed by atoms with Gasteiger partial charge in [-0.05, 0) is 103 Å². The van der Waals surface area contributed by atoms with Crippen molar-refractivity contribution in [2.24, 2.45) is 13.0 Å². The Hall–Kier alpha value is -5.79. The number of hydrogen-bond donors (Lipinski definition) is 2. The van der Waals surface area contributed by atoms with E-state index in [0.717, 1.165) is 31.6 Å². The molecular formula is C44H54F4N12O4. The van der Waals surface area contributed by atoms with E-state index in [1.54, 1.807) is 48.3 Å². The minimum Gasteiger partial charge on any atom is -0.364 e. The Kier molecular flexibility index (Phi) is 11.3. The maximum Gasteiger partial charge on any atom is 0.329 e. The number of benzene rings is 1. The van der Waals surface area contributed by atoms with E-state index in [1.807, 2.05) is 6.07 Å². The molecule has 2 N–H and O–H groups in total. The normalized spacial score (nSPS) is 24.0. The van der Waals surface area contributed by atoms with Crippen molar-refractivity contribution < 1.29 is 31.9 Å². The van der Waals surface area contributed by atoms with Crippen LogP contribution in [0.15, 0.2) is 47.7 Å². The number of carbonyl (C=O) groups excluding carboxylic acids is 3. The van der Waals surface area contributed by atoms with Gasteiger partial charge in [-0.25, -0.2) is 31.9 Å². The van der Waals surface area contributed by atoms with Crippen molar-refractivity contribution in [1.29, 1.82) is 0 Å². The van der Waals surface area contributed by atoms with E-state index >= 15 is 8.78 Å². The molecule has 9 rings (SSSR count). The minimum absolute atomic E-state index is 0.0887. The third-order valence-electron chi connectivity index (χ3n) is 14.0. The number of imidazole rings is 1. The fraction of sp³-hybridized carbons (Fsp3) is 0.568. The predicted octanol–water partition coefficient (Wildman–Crippen LogP) is 6.09. The van der Waals surface area contributed by atoms with Crippen LogP contribution in [0.5, 0.6) is 0 Å². The number of amides is 3. The quantitative estimate of drug-likeness (QED) is 0.124. The number of nitrogens with zero attached hydrogens (tertiary/aromatic N) is 10. The number of para-hydroxylation sites is 1. The van der Waals surface area contributed by atoms with Gasteiger partial charge in [0, 0.05) is 51.0 Å². The lowest BCUT2D eigenvalue weighted by atomic mass is 9.85. The SMILES string of the molecule is CN(C[C@H]1CC[C@H](n2cc(NC(=O)c3cnn4ccc(N5CCCCC5(C)C)nc34)c(C(F)F)n2)CC1)C1CCN(c2cccc3c2n(C)c(=O)n3C2CCC(=O)NC2=O)CC1(F)F.